The van der Waals surface area contributed by atoms with E-state index in [4.69, 9.17) is 12.2 Å². The fraction of sp³-hybridized carbons (Fsp3) is 0.467. The molecule has 0 aliphatic heterocycles. The molecule has 1 aliphatic rings. The van der Waals surface area contributed by atoms with Gasteiger partial charge in [0, 0.05) is 17.1 Å². The third-order valence-corrected chi connectivity index (χ3v) is 3.58. The molecule has 106 valence electrons. The van der Waals surface area contributed by atoms with E-state index in [0.717, 1.165) is 22.5 Å². The molecule has 1 aromatic carbocycles. The Labute approximate surface area is 124 Å². The number of nitrogens with zero attached hydrogens (tertiary/aromatic N) is 1. The number of thiocarbonyl (C=S) groups is 1. The number of imidazole rings is 1. The molecule has 0 amide bonds. The fourth-order valence-electron chi connectivity index (χ4n) is 2.02. The molecule has 0 bridgehead atoms. The highest BCUT2D eigenvalue weighted by atomic mass is 32.1. The first-order valence-corrected chi connectivity index (χ1v) is 7.40. The number of aromatic amines is 1. The van der Waals surface area contributed by atoms with Crippen molar-refractivity contribution in [1.82, 2.24) is 15.3 Å². The molecule has 0 saturated heterocycles. The largest absolute Gasteiger partial charge is 0.360 e. The van der Waals surface area contributed by atoms with Gasteiger partial charge in [-0.25, -0.2) is 4.98 Å². The van der Waals surface area contributed by atoms with Gasteiger partial charge < -0.3 is 15.6 Å². The molecule has 1 aliphatic carbocycles. The molecular formula is C15H20N4S. The van der Waals surface area contributed by atoms with Crippen LogP contribution in [0.25, 0.3) is 11.0 Å². The summed E-state index contributed by atoms with van der Waals surface area (Å²) in [4.78, 5) is 8.02. The fourth-order valence-corrected chi connectivity index (χ4v) is 2.31. The molecule has 0 unspecified atom stereocenters. The van der Waals surface area contributed by atoms with Crippen LogP contribution < -0.4 is 10.6 Å². The number of aromatic nitrogens is 2. The molecule has 20 heavy (non-hydrogen) atoms. The summed E-state index contributed by atoms with van der Waals surface area (Å²) in [6, 6.07) is 6.65. The highest BCUT2D eigenvalue weighted by Crippen LogP contribution is 2.24. The topological polar surface area (TPSA) is 52.7 Å². The molecule has 1 fully saturated rings. The second-order valence-electron chi connectivity index (χ2n) is 6.44. The van der Waals surface area contributed by atoms with Crippen LogP contribution in [0.5, 0.6) is 0 Å². The quantitative estimate of drug-likeness (QED) is 0.742. The summed E-state index contributed by atoms with van der Waals surface area (Å²) in [5, 5.41) is 7.20. The third kappa shape index (κ3) is 2.93. The lowest BCUT2D eigenvalue weighted by atomic mass is 9.96. The molecule has 4 nitrogen and oxygen atoms in total. The van der Waals surface area contributed by atoms with Gasteiger partial charge in [-0.1, -0.05) is 20.8 Å². The summed E-state index contributed by atoms with van der Waals surface area (Å²) < 4.78 is 0. The lowest BCUT2D eigenvalue weighted by molar-refractivity contribution is 0.554. The van der Waals surface area contributed by atoms with Gasteiger partial charge in [-0.2, -0.15) is 0 Å². The first-order chi connectivity index (χ1) is 9.41. The lowest BCUT2D eigenvalue weighted by Gasteiger charge is -2.13. The van der Waals surface area contributed by atoms with Crippen molar-refractivity contribution in [1.29, 1.82) is 0 Å². The molecule has 0 spiro atoms. The van der Waals surface area contributed by atoms with Crippen LogP contribution >= 0.6 is 12.2 Å². The first-order valence-electron chi connectivity index (χ1n) is 6.99. The number of benzene rings is 1. The van der Waals surface area contributed by atoms with Crippen LogP contribution in [0.3, 0.4) is 0 Å². The van der Waals surface area contributed by atoms with Crippen molar-refractivity contribution >= 4 is 34.1 Å². The van der Waals surface area contributed by atoms with E-state index in [0.29, 0.717) is 11.2 Å². The Morgan fingerprint density at radius 1 is 1.35 bits per heavy atom. The zero-order valence-corrected chi connectivity index (χ0v) is 12.9. The Hall–Kier alpha value is -1.62. The van der Waals surface area contributed by atoms with Gasteiger partial charge in [0.1, 0.15) is 5.82 Å². The molecule has 1 saturated carbocycles. The van der Waals surface area contributed by atoms with Crippen LogP contribution in [0.2, 0.25) is 0 Å². The minimum atomic E-state index is 0.0233. The van der Waals surface area contributed by atoms with E-state index in [9.17, 15) is 0 Å². The molecule has 2 aromatic rings. The van der Waals surface area contributed by atoms with E-state index < -0.39 is 0 Å². The molecule has 1 heterocycles. The molecule has 1 aromatic heterocycles. The second kappa shape index (κ2) is 4.74. The van der Waals surface area contributed by atoms with Crippen LogP contribution in [-0.2, 0) is 5.41 Å². The van der Waals surface area contributed by atoms with Crippen LogP contribution in [0.15, 0.2) is 18.2 Å². The number of rotatable bonds is 2. The predicted molar refractivity (Wildman–Crippen MR) is 87.2 cm³/mol. The van der Waals surface area contributed by atoms with Gasteiger partial charge in [0.15, 0.2) is 5.11 Å². The number of H-pyrrole nitrogens is 1. The highest BCUT2D eigenvalue weighted by Gasteiger charge is 2.22. The number of fused-ring (bicyclic) bond motifs is 1. The van der Waals surface area contributed by atoms with Crippen LogP contribution in [-0.4, -0.2) is 21.1 Å². The third-order valence-electron chi connectivity index (χ3n) is 3.36. The molecular weight excluding hydrogens is 268 g/mol. The normalized spacial score (nSPS) is 15.3. The lowest BCUT2D eigenvalue weighted by Crippen LogP contribution is -2.30. The van der Waals surface area contributed by atoms with E-state index >= 15 is 0 Å². The number of hydrogen-bond donors (Lipinski definition) is 3. The van der Waals surface area contributed by atoms with Crippen molar-refractivity contribution in [3.8, 4) is 0 Å². The molecule has 0 radical (unpaired) electrons. The number of nitrogens with one attached hydrogen (secondary N) is 3. The van der Waals surface area contributed by atoms with Crippen LogP contribution in [0.4, 0.5) is 5.69 Å². The van der Waals surface area contributed by atoms with Gasteiger partial charge in [0.2, 0.25) is 0 Å². The summed E-state index contributed by atoms with van der Waals surface area (Å²) >= 11 is 5.29. The number of hydrogen-bond acceptors (Lipinski definition) is 2. The van der Waals surface area contributed by atoms with E-state index in [1.807, 2.05) is 12.1 Å². The Balaban J connectivity index is 1.80. The van der Waals surface area contributed by atoms with E-state index in [2.05, 4.69) is 47.4 Å². The van der Waals surface area contributed by atoms with Gasteiger partial charge in [0.05, 0.1) is 11.0 Å². The van der Waals surface area contributed by atoms with E-state index in [-0.39, 0.29) is 5.41 Å². The van der Waals surface area contributed by atoms with Crippen molar-refractivity contribution in [2.75, 3.05) is 5.32 Å². The zero-order chi connectivity index (χ0) is 14.3. The van der Waals surface area contributed by atoms with Gasteiger partial charge in [-0.3, -0.25) is 0 Å². The Kier molecular flexibility index (Phi) is 3.17. The standard InChI is InChI=1S/C15H20N4S/c1-15(2,3)13-18-11-7-6-10(8-12(11)19-13)17-14(20)16-9-4-5-9/h6-9H,4-5H2,1-3H3,(H,18,19)(H2,16,17,20). The Morgan fingerprint density at radius 2 is 2.10 bits per heavy atom. The van der Waals surface area contributed by atoms with Crippen molar-refractivity contribution in [2.45, 2.75) is 45.1 Å². The maximum absolute atomic E-state index is 5.29. The van der Waals surface area contributed by atoms with Gasteiger partial charge >= 0.3 is 0 Å². The van der Waals surface area contributed by atoms with Gasteiger partial charge in [-0.15, -0.1) is 0 Å². The smallest absolute Gasteiger partial charge is 0.170 e. The molecule has 3 N–H and O–H groups in total. The summed E-state index contributed by atoms with van der Waals surface area (Å²) in [5.41, 5.74) is 3.03. The molecule has 0 atom stereocenters. The second-order valence-corrected chi connectivity index (χ2v) is 6.85. The summed E-state index contributed by atoms with van der Waals surface area (Å²) in [6.45, 7) is 6.45. The summed E-state index contributed by atoms with van der Waals surface area (Å²) in [7, 11) is 0. The minimum absolute atomic E-state index is 0.0233. The Morgan fingerprint density at radius 3 is 2.75 bits per heavy atom. The highest BCUT2D eigenvalue weighted by molar-refractivity contribution is 7.80. The maximum Gasteiger partial charge on any atom is 0.170 e. The zero-order valence-electron chi connectivity index (χ0n) is 12.1. The number of anilines is 1. The minimum Gasteiger partial charge on any atom is -0.360 e. The first kappa shape index (κ1) is 13.4. The average Bonchev–Trinajstić information content (AvgIpc) is 3.04. The Bertz CT molecular complexity index is 649. The van der Waals surface area contributed by atoms with Crippen LogP contribution in [0.1, 0.15) is 39.4 Å². The van der Waals surface area contributed by atoms with Crippen LogP contribution in [0, 0.1) is 0 Å². The monoisotopic (exact) mass is 288 g/mol. The van der Waals surface area contributed by atoms with Crippen molar-refractivity contribution in [3.05, 3.63) is 24.0 Å². The summed E-state index contributed by atoms with van der Waals surface area (Å²) in [5.74, 6) is 1.00. The van der Waals surface area contributed by atoms with E-state index in [1.165, 1.54) is 12.8 Å². The van der Waals surface area contributed by atoms with Gasteiger partial charge in [0.25, 0.3) is 0 Å². The van der Waals surface area contributed by atoms with Gasteiger partial charge in [-0.05, 0) is 43.3 Å². The van der Waals surface area contributed by atoms with Crippen molar-refractivity contribution in [3.63, 3.8) is 0 Å². The molecule has 3 rings (SSSR count). The molecule has 5 heteroatoms. The van der Waals surface area contributed by atoms with Crippen molar-refractivity contribution < 1.29 is 0 Å². The van der Waals surface area contributed by atoms with Crippen molar-refractivity contribution in [2.24, 2.45) is 0 Å². The maximum atomic E-state index is 5.29. The predicted octanol–water partition coefficient (Wildman–Crippen LogP) is 3.31. The SMILES string of the molecule is CC(C)(C)c1nc2ccc(NC(=S)NC3CC3)cc2[nH]1. The average molecular weight is 288 g/mol. The van der Waals surface area contributed by atoms with E-state index in [1.54, 1.807) is 0 Å². The summed E-state index contributed by atoms with van der Waals surface area (Å²) in [6.07, 6.45) is 2.44.